The highest BCUT2D eigenvalue weighted by Gasteiger charge is 2.27. The molecule has 0 aliphatic carbocycles. The van der Waals surface area contributed by atoms with Gasteiger partial charge in [-0.25, -0.2) is 23.4 Å². The fourth-order valence-electron chi connectivity index (χ4n) is 5.76. The van der Waals surface area contributed by atoms with Crippen LogP contribution in [0.2, 0.25) is 0 Å². The Labute approximate surface area is 244 Å². The van der Waals surface area contributed by atoms with Crippen molar-refractivity contribution >= 4 is 43.2 Å². The number of anilines is 2. The number of pyridine rings is 1. The van der Waals surface area contributed by atoms with E-state index in [0.29, 0.717) is 43.9 Å². The molecule has 14 heteroatoms. The molecule has 3 aromatic rings. The zero-order valence-corrected chi connectivity index (χ0v) is 25.2. The molecule has 6 heterocycles. The maximum Gasteiger partial charge on any atom is 0.238 e. The second kappa shape index (κ2) is 12.3. The van der Waals surface area contributed by atoms with Gasteiger partial charge in [-0.15, -0.1) is 11.3 Å². The molecule has 0 spiro atoms. The number of morpholine rings is 1. The molecular weight excluding hydrogens is 566 g/mol. The molecule has 3 aliphatic rings. The number of methoxy groups -OCH3 is 1. The third kappa shape index (κ3) is 6.57. The van der Waals surface area contributed by atoms with Crippen LogP contribution in [0, 0.1) is 0 Å². The van der Waals surface area contributed by atoms with Crippen LogP contribution in [0.5, 0.6) is 5.88 Å². The summed E-state index contributed by atoms with van der Waals surface area (Å²) in [4.78, 5) is 21.7. The quantitative estimate of drug-likeness (QED) is 0.408. The van der Waals surface area contributed by atoms with Gasteiger partial charge in [-0.3, -0.25) is 14.5 Å². The molecule has 0 amide bonds. The van der Waals surface area contributed by atoms with E-state index in [-0.39, 0.29) is 11.6 Å². The molecule has 0 radical (unpaired) electrons. The Morgan fingerprint density at radius 2 is 1.78 bits per heavy atom. The van der Waals surface area contributed by atoms with Gasteiger partial charge >= 0.3 is 0 Å². The topological polar surface area (TPSA) is 122 Å². The van der Waals surface area contributed by atoms with Crippen molar-refractivity contribution < 1.29 is 22.6 Å². The van der Waals surface area contributed by atoms with Gasteiger partial charge in [0.05, 0.1) is 42.5 Å². The van der Waals surface area contributed by atoms with Crippen molar-refractivity contribution in [3.05, 3.63) is 23.2 Å². The van der Waals surface area contributed by atoms with E-state index in [9.17, 15) is 8.42 Å². The molecule has 0 saturated carbocycles. The molecule has 1 N–H and O–H groups in total. The number of piperazine rings is 1. The summed E-state index contributed by atoms with van der Waals surface area (Å²) in [7, 11) is -2.08. The molecule has 3 aliphatic heterocycles. The van der Waals surface area contributed by atoms with Crippen molar-refractivity contribution in [2.75, 3.05) is 88.7 Å². The van der Waals surface area contributed by atoms with E-state index in [1.807, 2.05) is 0 Å². The summed E-state index contributed by atoms with van der Waals surface area (Å²) in [5, 5.41) is 2.18. The fourth-order valence-corrected chi connectivity index (χ4v) is 7.32. The largest absolute Gasteiger partial charge is 0.480 e. The van der Waals surface area contributed by atoms with E-state index in [4.69, 9.17) is 24.2 Å². The number of fused-ring (bicyclic) bond motifs is 1. The molecule has 6 rings (SSSR count). The first-order valence-corrected chi connectivity index (χ1v) is 16.8. The van der Waals surface area contributed by atoms with Gasteiger partial charge < -0.3 is 19.1 Å². The third-order valence-electron chi connectivity index (χ3n) is 7.89. The van der Waals surface area contributed by atoms with Gasteiger partial charge in [0.2, 0.25) is 21.9 Å². The number of sulfonamides is 1. The average molecular weight is 604 g/mol. The predicted octanol–water partition coefficient (Wildman–Crippen LogP) is 2.27. The van der Waals surface area contributed by atoms with E-state index >= 15 is 0 Å². The van der Waals surface area contributed by atoms with Gasteiger partial charge in [-0.05, 0) is 24.3 Å². The number of nitrogens with zero attached hydrogens (tertiary/aromatic N) is 6. The first-order valence-electron chi connectivity index (χ1n) is 14.0. The summed E-state index contributed by atoms with van der Waals surface area (Å²) in [5.41, 5.74) is 3.80. The predicted molar refractivity (Wildman–Crippen MR) is 159 cm³/mol. The van der Waals surface area contributed by atoms with E-state index < -0.39 is 10.0 Å². The maximum atomic E-state index is 12.0. The Kier molecular flexibility index (Phi) is 8.56. The lowest BCUT2D eigenvalue weighted by Gasteiger charge is -2.40. The number of hydrogen-bond donors (Lipinski definition) is 1. The van der Waals surface area contributed by atoms with Crippen LogP contribution in [0.3, 0.4) is 0 Å². The van der Waals surface area contributed by atoms with Crippen LogP contribution in [0.15, 0.2) is 17.6 Å². The maximum absolute atomic E-state index is 12.0. The van der Waals surface area contributed by atoms with Crippen LogP contribution in [0.4, 0.5) is 11.6 Å². The summed E-state index contributed by atoms with van der Waals surface area (Å²) in [6, 6.07) is 2.37. The highest BCUT2D eigenvalue weighted by molar-refractivity contribution is 7.92. The molecule has 3 aromatic heterocycles. The minimum atomic E-state index is -3.54. The van der Waals surface area contributed by atoms with Crippen LogP contribution in [-0.2, 0) is 26.0 Å². The Balaban J connectivity index is 1.31. The molecule has 0 bridgehead atoms. The molecule has 0 unspecified atom stereocenters. The van der Waals surface area contributed by atoms with Crippen LogP contribution in [0.1, 0.15) is 18.4 Å². The standard InChI is InChI=1S/C27H37N7O5S2/c1-37-26-22(31-41(2,35)36)15-19(16-28-26)23-25-24(30-27(29-23)34-9-13-39-14-10-34)20(18-40-25)17-32-5-7-33(8-6-32)21-3-11-38-12-4-21/h15-16,18,21,31H,3-14,17H2,1-2H3. The van der Waals surface area contributed by atoms with Crippen LogP contribution in [-0.4, -0.2) is 118 Å². The number of thiophene rings is 1. The molecular formula is C27H37N7O5S2. The van der Waals surface area contributed by atoms with E-state index in [1.54, 1.807) is 23.6 Å². The van der Waals surface area contributed by atoms with Gasteiger partial charge in [0.1, 0.15) is 5.69 Å². The van der Waals surface area contributed by atoms with Crippen molar-refractivity contribution in [2.45, 2.75) is 25.4 Å². The second-order valence-electron chi connectivity index (χ2n) is 10.7. The number of nitrogens with one attached hydrogen (secondary N) is 1. The highest BCUT2D eigenvalue weighted by Crippen LogP contribution is 2.37. The molecule has 0 atom stereocenters. The summed E-state index contributed by atoms with van der Waals surface area (Å²) < 4.78 is 44.0. The van der Waals surface area contributed by atoms with Crippen molar-refractivity contribution in [1.82, 2.24) is 24.8 Å². The van der Waals surface area contributed by atoms with Crippen LogP contribution < -0.4 is 14.4 Å². The van der Waals surface area contributed by atoms with Crippen molar-refractivity contribution in [3.8, 4) is 17.1 Å². The fraction of sp³-hybridized carbons (Fsp3) is 0.593. The lowest BCUT2D eigenvalue weighted by Crippen LogP contribution is -2.51. The Morgan fingerprint density at radius 1 is 1.05 bits per heavy atom. The first kappa shape index (κ1) is 28.5. The number of hydrogen-bond acceptors (Lipinski definition) is 12. The minimum absolute atomic E-state index is 0.199. The SMILES string of the molecule is COc1ncc(-c2nc(N3CCOCC3)nc3c(CN4CCN(C5CCOCC5)CC4)csc23)cc1NS(C)(=O)=O. The zero-order chi connectivity index (χ0) is 28.4. The number of aromatic nitrogens is 3. The molecule has 12 nitrogen and oxygen atoms in total. The summed E-state index contributed by atoms with van der Waals surface area (Å²) in [6.45, 7) is 9.40. The third-order valence-corrected chi connectivity index (χ3v) is 9.51. The van der Waals surface area contributed by atoms with Gasteiger partial charge in [0.25, 0.3) is 0 Å². The van der Waals surface area contributed by atoms with Crippen molar-refractivity contribution in [1.29, 1.82) is 0 Å². The number of ether oxygens (including phenoxy) is 3. The first-order chi connectivity index (χ1) is 19.9. The van der Waals surface area contributed by atoms with Gasteiger partial charge in [0, 0.05) is 82.4 Å². The monoisotopic (exact) mass is 603 g/mol. The van der Waals surface area contributed by atoms with Gasteiger partial charge in [-0.2, -0.15) is 0 Å². The van der Waals surface area contributed by atoms with Crippen molar-refractivity contribution in [3.63, 3.8) is 0 Å². The Hall–Kier alpha value is -2.62. The summed E-state index contributed by atoms with van der Waals surface area (Å²) in [6.07, 6.45) is 5.03. The molecule has 3 saturated heterocycles. The van der Waals surface area contributed by atoms with Crippen molar-refractivity contribution in [2.24, 2.45) is 0 Å². The second-order valence-corrected chi connectivity index (χ2v) is 13.3. The zero-order valence-electron chi connectivity index (χ0n) is 23.5. The van der Waals surface area contributed by atoms with E-state index in [2.05, 4.69) is 29.8 Å². The number of rotatable bonds is 8. The molecule has 41 heavy (non-hydrogen) atoms. The van der Waals surface area contributed by atoms with Crippen LogP contribution >= 0.6 is 11.3 Å². The lowest BCUT2D eigenvalue weighted by molar-refractivity contribution is 0.0127. The van der Waals surface area contributed by atoms with Crippen LogP contribution in [0.25, 0.3) is 21.5 Å². The summed E-state index contributed by atoms with van der Waals surface area (Å²) >= 11 is 1.61. The highest BCUT2D eigenvalue weighted by atomic mass is 32.2. The Morgan fingerprint density at radius 3 is 2.49 bits per heavy atom. The van der Waals surface area contributed by atoms with Gasteiger partial charge in [-0.1, -0.05) is 0 Å². The minimum Gasteiger partial charge on any atom is -0.480 e. The van der Waals surface area contributed by atoms with E-state index in [1.165, 1.54) is 12.7 Å². The molecule has 0 aromatic carbocycles. The van der Waals surface area contributed by atoms with E-state index in [0.717, 1.165) is 80.9 Å². The smallest absolute Gasteiger partial charge is 0.238 e. The molecule has 222 valence electrons. The molecule has 3 fully saturated rings. The normalized spacial score (nSPS) is 20.0. The summed E-state index contributed by atoms with van der Waals surface area (Å²) in [5.74, 6) is 0.845. The lowest BCUT2D eigenvalue weighted by atomic mass is 10.1. The average Bonchev–Trinajstić information content (AvgIpc) is 3.39. The Bertz CT molecular complexity index is 1460. The van der Waals surface area contributed by atoms with Gasteiger partial charge in [0.15, 0.2) is 0 Å².